The van der Waals surface area contributed by atoms with Crippen molar-refractivity contribution < 1.29 is 19.4 Å². The van der Waals surface area contributed by atoms with Gasteiger partial charge in [0.2, 0.25) is 5.88 Å². The number of nitrogens with zero attached hydrogens (tertiary/aromatic N) is 3. The number of aromatic hydroxyl groups is 1. The van der Waals surface area contributed by atoms with Crippen molar-refractivity contribution in [2.24, 2.45) is 4.99 Å². The summed E-state index contributed by atoms with van der Waals surface area (Å²) in [5, 5.41) is 15.3. The van der Waals surface area contributed by atoms with E-state index in [4.69, 9.17) is 4.74 Å². The summed E-state index contributed by atoms with van der Waals surface area (Å²) in [6.45, 7) is 3.23. The Bertz CT molecular complexity index is 1260. The molecule has 8 nitrogen and oxygen atoms in total. The molecule has 28 heavy (non-hydrogen) atoms. The lowest BCUT2D eigenvalue weighted by atomic mass is 10.1. The Morgan fingerprint density at radius 2 is 1.96 bits per heavy atom. The molecule has 10 heteroatoms. The van der Waals surface area contributed by atoms with E-state index in [0.29, 0.717) is 42.0 Å². The molecule has 0 bridgehead atoms. The number of anilines is 2. The van der Waals surface area contributed by atoms with E-state index >= 15 is 0 Å². The number of Topliss-reactive ketones (excluding diaryl/α,β-unsaturated/α-hetero) is 1. The molecule has 3 aromatic rings. The highest BCUT2D eigenvalue weighted by atomic mass is 32.1. The van der Waals surface area contributed by atoms with Crippen LogP contribution in [0, 0.1) is 6.92 Å². The Morgan fingerprint density at radius 1 is 1.21 bits per heavy atom. The second-order valence-electron chi connectivity index (χ2n) is 5.96. The Hall–Kier alpha value is -3.11. The molecule has 1 aromatic carbocycles. The van der Waals surface area contributed by atoms with Crippen LogP contribution in [0.3, 0.4) is 0 Å². The maximum atomic E-state index is 12.4. The predicted molar refractivity (Wildman–Crippen MR) is 105 cm³/mol. The topological polar surface area (TPSA) is 114 Å². The van der Waals surface area contributed by atoms with Gasteiger partial charge < -0.3 is 15.2 Å². The number of ketones is 1. The zero-order valence-electron chi connectivity index (χ0n) is 15.1. The van der Waals surface area contributed by atoms with Crippen molar-refractivity contribution in [3.05, 3.63) is 44.2 Å². The standard InChI is InChI=1S/C18H14N4O4S2/c1-7-13(8(2)23)27-17(19-7)22-18-21-16(25)14(28-18)12-10-6-9(26-3)4-5-11(10)20-15(12)24/h4-6,25H,1-3H3,(H,19,21,22). The van der Waals surface area contributed by atoms with E-state index in [2.05, 4.69) is 20.3 Å². The number of amides is 1. The van der Waals surface area contributed by atoms with Crippen LogP contribution in [0.1, 0.15) is 27.2 Å². The molecular formula is C18H14N4O4S2. The summed E-state index contributed by atoms with van der Waals surface area (Å²) < 4.78 is 5.22. The molecule has 4 rings (SSSR count). The fourth-order valence-electron chi connectivity index (χ4n) is 2.84. The molecule has 0 fully saturated rings. The number of thiazole rings is 2. The van der Waals surface area contributed by atoms with Gasteiger partial charge in [-0.1, -0.05) is 22.7 Å². The molecule has 1 aliphatic heterocycles. The molecule has 142 valence electrons. The molecule has 2 N–H and O–H groups in total. The molecule has 1 aliphatic rings. The minimum atomic E-state index is -0.447. The van der Waals surface area contributed by atoms with E-state index in [0.717, 1.165) is 11.3 Å². The second kappa shape index (κ2) is 6.80. The Morgan fingerprint density at radius 3 is 2.64 bits per heavy atom. The fourth-order valence-corrected chi connectivity index (χ4v) is 4.67. The SMILES string of the molecule is COc1ccc2c(c1)=C(c1sc(Nc3nc(C)c(C(C)=O)s3)nc1O)C(=O)N=2. The zero-order chi connectivity index (χ0) is 20.0. The molecular weight excluding hydrogens is 400 g/mol. The van der Waals surface area contributed by atoms with E-state index < -0.39 is 5.91 Å². The molecule has 3 heterocycles. The van der Waals surface area contributed by atoms with Crippen LogP contribution in [0.25, 0.3) is 5.57 Å². The van der Waals surface area contributed by atoms with Gasteiger partial charge in [-0.05, 0) is 25.1 Å². The van der Waals surface area contributed by atoms with Crippen LogP contribution in [0.5, 0.6) is 11.6 Å². The number of benzene rings is 1. The number of ether oxygens (including phenoxy) is 1. The number of aromatic nitrogens is 2. The van der Waals surface area contributed by atoms with Gasteiger partial charge in [-0.25, -0.2) is 9.98 Å². The van der Waals surface area contributed by atoms with E-state index in [1.165, 1.54) is 25.4 Å². The maximum Gasteiger partial charge on any atom is 0.279 e. The van der Waals surface area contributed by atoms with Gasteiger partial charge in [0, 0.05) is 12.1 Å². The number of carbonyl (C=O) groups is 2. The molecule has 1 amide bonds. The van der Waals surface area contributed by atoms with Gasteiger partial charge in [0.05, 0.1) is 28.6 Å². The van der Waals surface area contributed by atoms with Gasteiger partial charge in [-0.3, -0.25) is 9.59 Å². The largest absolute Gasteiger partial charge is 0.497 e. The van der Waals surface area contributed by atoms with Crippen LogP contribution in [0.2, 0.25) is 0 Å². The number of rotatable bonds is 5. The quantitative estimate of drug-likeness (QED) is 0.613. The molecule has 0 radical (unpaired) electrons. The van der Waals surface area contributed by atoms with Crippen molar-refractivity contribution in [3.63, 3.8) is 0 Å². The molecule has 0 atom stereocenters. The van der Waals surface area contributed by atoms with Gasteiger partial charge >= 0.3 is 0 Å². The number of fused-ring (bicyclic) bond motifs is 1. The highest BCUT2D eigenvalue weighted by molar-refractivity contribution is 7.19. The first-order valence-electron chi connectivity index (χ1n) is 8.14. The summed E-state index contributed by atoms with van der Waals surface area (Å²) in [5.74, 6) is -0.206. The monoisotopic (exact) mass is 414 g/mol. The highest BCUT2D eigenvalue weighted by Gasteiger charge is 2.25. The predicted octanol–water partition coefficient (Wildman–Crippen LogP) is 1.93. The van der Waals surface area contributed by atoms with Crippen molar-refractivity contribution in [1.82, 2.24) is 9.97 Å². The van der Waals surface area contributed by atoms with Crippen molar-refractivity contribution in [1.29, 1.82) is 0 Å². The minimum Gasteiger partial charge on any atom is -0.497 e. The molecule has 2 aromatic heterocycles. The van der Waals surface area contributed by atoms with Crippen molar-refractivity contribution in [3.8, 4) is 11.6 Å². The summed E-state index contributed by atoms with van der Waals surface area (Å²) in [6.07, 6.45) is 0. The Balaban J connectivity index is 1.76. The summed E-state index contributed by atoms with van der Waals surface area (Å²) in [4.78, 5) is 37.3. The first-order chi connectivity index (χ1) is 13.4. The lowest BCUT2D eigenvalue weighted by molar-refractivity contribution is -0.112. The third-order valence-corrected chi connectivity index (χ3v) is 6.23. The van der Waals surface area contributed by atoms with Crippen molar-refractivity contribution in [2.45, 2.75) is 13.8 Å². The number of aryl methyl sites for hydroxylation is 1. The van der Waals surface area contributed by atoms with Crippen LogP contribution in [-0.4, -0.2) is 33.9 Å². The second-order valence-corrected chi connectivity index (χ2v) is 7.96. The van der Waals surface area contributed by atoms with Gasteiger partial charge in [-0.15, -0.1) is 0 Å². The van der Waals surface area contributed by atoms with E-state index in [1.807, 2.05) is 0 Å². The number of methoxy groups -OCH3 is 1. The average molecular weight is 414 g/mol. The maximum absolute atomic E-state index is 12.4. The molecule has 0 aliphatic carbocycles. The van der Waals surface area contributed by atoms with Crippen LogP contribution < -0.4 is 20.6 Å². The van der Waals surface area contributed by atoms with Gasteiger partial charge in [0.15, 0.2) is 16.0 Å². The van der Waals surface area contributed by atoms with Gasteiger partial charge in [0.1, 0.15) is 10.6 Å². The highest BCUT2D eigenvalue weighted by Crippen LogP contribution is 2.36. The van der Waals surface area contributed by atoms with E-state index in [1.54, 1.807) is 25.1 Å². The van der Waals surface area contributed by atoms with Crippen LogP contribution in [0.15, 0.2) is 23.2 Å². The van der Waals surface area contributed by atoms with E-state index in [-0.39, 0.29) is 17.2 Å². The summed E-state index contributed by atoms with van der Waals surface area (Å²) in [7, 11) is 1.53. The lowest BCUT2D eigenvalue weighted by Gasteiger charge is -1.99. The van der Waals surface area contributed by atoms with E-state index in [9.17, 15) is 14.7 Å². The lowest BCUT2D eigenvalue weighted by Crippen LogP contribution is -2.23. The number of nitrogens with one attached hydrogen (secondary N) is 1. The minimum absolute atomic E-state index is 0.0648. The molecule has 0 saturated heterocycles. The van der Waals surface area contributed by atoms with Gasteiger partial charge in [0.25, 0.3) is 5.91 Å². The van der Waals surface area contributed by atoms with Crippen LogP contribution >= 0.6 is 22.7 Å². The first kappa shape index (κ1) is 18.3. The smallest absolute Gasteiger partial charge is 0.279 e. The molecule has 0 unspecified atom stereocenters. The van der Waals surface area contributed by atoms with Crippen molar-refractivity contribution >= 4 is 50.2 Å². The zero-order valence-corrected chi connectivity index (χ0v) is 16.7. The number of hydrogen-bond acceptors (Lipinski definition) is 9. The summed E-state index contributed by atoms with van der Waals surface area (Å²) >= 11 is 2.32. The Kier molecular flexibility index (Phi) is 4.44. The molecule has 0 saturated carbocycles. The third kappa shape index (κ3) is 3.06. The third-order valence-electron chi connectivity index (χ3n) is 4.08. The average Bonchev–Trinajstić information content (AvgIpc) is 3.28. The van der Waals surface area contributed by atoms with Gasteiger partial charge in [-0.2, -0.15) is 4.98 Å². The van der Waals surface area contributed by atoms with Crippen LogP contribution in [0.4, 0.5) is 10.3 Å². The summed E-state index contributed by atoms with van der Waals surface area (Å²) in [6, 6.07) is 5.11. The fraction of sp³-hybridized carbons (Fsp3) is 0.167. The van der Waals surface area contributed by atoms with Crippen molar-refractivity contribution in [2.75, 3.05) is 12.4 Å². The van der Waals surface area contributed by atoms with Crippen LogP contribution in [-0.2, 0) is 4.79 Å². The summed E-state index contributed by atoms with van der Waals surface area (Å²) in [5.41, 5.74) is 0.901. The molecule has 0 spiro atoms. The normalized spacial score (nSPS) is 12.7. The number of hydrogen-bond donors (Lipinski definition) is 2. The first-order valence-corrected chi connectivity index (χ1v) is 9.77. The Labute approximate surface area is 166 Å². The number of carbonyl (C=O) groups excluding carboxylic acids is 2.